The molecule has 0 aromatic heterocycles. The Morgan fingerprint density at radius 2 is 1.87 bits per heavy atom. The minimum absolute atomic E-state index is 0. The normalized spacial score (nSPS) is 32.2. The van der Waals surface area contributed by atoms with Gasteiger partial charge in [0.1, 0.15) is 0 Å². The molecule has 0 radical (unpaired) electrons. The number of hydrogen-bond donors (Lipinski definition) is 1. The highest BCUT2D eigenvalue weighted by atomic mass is 35.5. The van der Waals surface area contributed by atoms with Gasteiger partial charge in [-0.1, -0.05) is 0 Å². The fourth-order valence-corrected chi connectivity index (χ4v) is 2.51. The number of hydrogen-bond acceptors (Lipinski definition) is 2. The van der Waals surface area contributed by atoms with Gasteiger partial charge in [0.2, 0.25) is 0 Å². The van der Waals surface area contributed by atoms with Gasteiger partial charge in [0.05, 0.1) is 6.54 Å². The molecule has 2 heterocycles. The van der Waals surface area contributed by atoms with Crippen molar-refractivity contribution >= 4 is 12.4 Å². The second kappa shape index (κ2) is 4.89. The molecule has 90 valence electrons. The molecule has 6 heteroatoms. The maximum absolute atomic E-state index is 12.1. The molecule has 2 rings (SSSR count). The van der Waals surface area contributed by atoms with Crippen molar-refractivity contribution in [1.29, 1.82) is 0 Å². The number of alkyl halides is 3. The zero-order chi connectivity index (χ0) is 10.2. The third-order valence-electron chi connectivity index (χ3n) is 3.19. The molecule has 0 amide bonds. The molecule has 2 nitrogen and oxygen atoms in total. The van der Waals surface area contributed by atoms with Crippen molar-refractivity contribution in [2.24, 2.45) is 11.8 Å². The molecule has 2 saturated heterocycles. The Hall–Kier alpha value is -0.0000000000000000416. The Labute approximate surface area is 93.6 Å². The van der Waals surface area contributed by atoms with Crippen molar-refractivity contribution in [3.63, 3.8) is 0 Å². The van der Waals surface area contributed by atoms with Crippen LogP contribution in [0.15, 0.2) is 0 Å². The predicted octanol–water partition coefficient (Wildman–Crippen LogP) is 1.51. The van der Waals surface area contributed by atoms with Gasteiger partial charge in [0.15, 0.2) is 0 Å². The molecular formula is C9H16ClF3N2. The van der Waals surface area contributed by atoms with Gasteiger partial charge in [-0.05, 0) is 37.9 Å². The van der Waals surface area contributed by atoms with E-state index >= 15 is 0 Å². The average Bonchev–Trinajstić information content (AvgIpc) is 2.47. The number of piperidine rings is 1. The molecule has 2 unspecified atom stereocenters. The van der Waals surface area contributed by atoms with Crippen molar-refractivity contribution in [2.75, 3.05) is 32.7 Å². The summed E-state index contributed by atoms with van der Waals surface area (Å²) in [5, 5.41) is 3.24. The van der Waals surface area contributed by atoms with Gasteiger partial charge in [-0.15, -0.1) is 12.4 Å². The summed E-state index contributed by atoms with van der Waals surface area (Å²) >= 11 is 0. The van der Waals surface area contributed by atoms with Crippen LogP contribution in [0.25, 0.3) is 0 Å². The Bertz CT molecular complexity index is 210. The summed E-state index contributed by atoms with van der Waals surface area (Å²) < 4.78 is 36.4. The first-order valence-corrected chi connectivity index (χ1v) is 5.04. The van der Waals surface area contributed by atoms with Gasteiger partial charge in [-0.25, -0.2) is 0 Å². The average molecular weight is 245 g/mol. The monoisotopic (exact) mass is 244 g/mol. The van der Waals surface area contributed by atoms with Gasteiger partial charge in [-0.3, -0.25) is 4.90 Å². The quantitative estimate of drug-likeness (QED) is 0.752. The number of halogens is 4. The second-order valence-corrected chi connectivity index (χ2v) is 4.32. The van der Waals surface area contributed by atoms with E-state index in [1.807, 2.05) is 0 Å². The van der Waals surface area contributed by atoms with Crippen LogP contribution >= 0.6 is 12.4 Å². The molecule has 0 spiro atoms. The molecule has 0 bridgehead atoms. The lowest BCUT2D eigenvalue weighted by Gasteiger charge is -2.34. The van der Waals surface area contributed by atoms with Crippen molar-refractivity contribution in [2.45, 2.75) is 12.6 Å². The summed E-state index contributed by atoms with van der Waals surface area (Å²) in [4.78, 5) is 1.54. The molecule has 0 aromatic rings. The van der Waals surface area contributed by atoms with E-state index in [1.54, 1.807) is 0 Å². The highest BCUT2D eigenvalue weighted by molar-refractivity contribution is 5.85. The second-order valence-electron chi connectivity index (χ2n) is 4.32. The zero-order valence-electron chi connectivity index (χ0n) is 8.39. The van der Waals surface area contributed by atoms with Crippen LogP contribution in [0.4, 0.5) is 13.2 Å². The Morgan fingerprint density at radius 3 is 2.53 bits per heavy atom. The van der Waals surface area contributed by atoms with Crippen LogP contribution < -0.4 is 5.32 Å². The van der Waals surface area contributed by atoms with Gasteiger partial charge >= 0.3 is 6.18 Å². The highest BCUT2D eigenvalue weighted by Gasteiger charge is 2.37. The summed E-state index contributed by atoms with van der Waals surface area (Å²) in [7, 11) is 0. The first-order valence-electron chi connectivity index (χ1n) is 5.04. The lowest BCUT2D eigenvalue weighted by Crippen LogP contribution is -2.44. The van der Waals surface area contributed by atoms with Crippen LogP contribution in [0.5, 0.6) is 0 Å². The SMILES string of the molecule is Cl.FC(F)(F)CN1CCC2CNCC2C1. The predicted molar refractivity (Wildman–Crippen MR) is 54.2 cm³/mol. The van der Waals surface area contributed by atoms with Crippen LogP contribution in [0.1, 0.15) is 6.42 Å². The molecule has 2 aliphatic rings. The standard InChI is InChI=1S/C9H15F3N2.ClH/c10-9(11,12)6-14-2-1-7-3-13-4-8(7)5-14;/h7-8,13H,1-6H2;1H. The van der Waals surface area contributed by atoms with Crippen LogP contribution in [0, 0.1) is 11.8 Å². The summed E-state index contributed by atoms with van der Waals surface area (Å²) in [6.45, 7) is 2.35. The maximum Gasteiger partial charge on any atom is 0.401 e. The van der Waals surface area contributed by atoms with Crippen LogP contribution in [0.2, 0.25) is 0 Å². The topological polar surface area (TPSA) is 15.3 Å². The summed E-state index contributed by atoms with van der Waals surface area (Å²) in [5.74, 6) is 1.05. The summed E-state index contributed by atoms with van der Waals surface area (Å²) in [6.07, 6.45) is -3.13. The van der Waals surface area contributed by atoms with Crippen molar-refractivity contribution < 1.29 is 13.2 Å². The van der Waals surface area contributed by atoms with E-state index < -0.39 is 12.7 Å². The first kappa shape index (κ1) is 13.1. The van der Waals surface area contributed by atoms with Crippen LogP contribution in [-0.2, 0) is 0 Å². The molecule has 1 N–H and O–H groups in total. The third-order valence-corrected chi connectivity index (χ3v) is 3.19. The largest absolute Gasteiger partial charge is 0.401 e. The van der Waals surface area contributed by atoms with E-state index in [9.17, 15) is 13.2 Å². The van der Waals surface area contributed by atoms with E-state index in [4.69, 9.17) is 0 Å². The number of nitrogens with zero attached hydrogens (tertiary/aromatic N) is 1. The molecule has 0 saturated carbocycles. The molecule has 2 atom stereocenters. The Kier molecular flexibility index (Phi) is 4.26. The Balaban J connectivity index is 0.00000112. The molecular weight excluding hydrogens is 229 g/mol. The lowest BCUT2D eigenvalue weighted by atomic mass is 9.89. The van der Waals surface area contributed by atoms with Gasteiger partial charge in [-0.2, -0.15) is 13.2 Å². The molecule has 0 aromatic carbocycles. The van der Waals surface area contributed by atoms with Gasteiger partial charge in [0, 0.05) is 6.54 Å². The fourth-order valence-electron chi connectivity index (χ4n) is 2.51. The van der Waals surface area contributed by atoms with E-state index in [2.05, 4.69) is 5.32 Å². The van der Waals surface area contributed by atoms with Gasteiger partial charge < -0.3 is 5.32 Å². The van der Waals surface area contributed by atoms with Crippen molar-refractivity contribution in [1.82, 2.24) is 10.2 Å². The van der Waals surface area contributed by atoms with Gasteiger partial charge in [0.25, 0.3) is 0 Å². The molecule has 0 aliphatic carbocycles. The number of likely N-dealkylation sites (tertiary alicyclic amines) is 1. The molecule has 2 aliphatic heterocycles. The van der Waals surface area contributed by atoms with Crippen LogP contribution in [0.3, 0.4) is 0 Å². The maximum atomic E-state index is 12.1. The minimum Gasteiger partial charge on any atom is -0.316 e. The molecule has 2 fully saturated rings. The van der Waals surface area contributed by atoms with Crippen molar-refractivity contribution in [3.8, 4) is 0 Å². The van der Waals surface area contributed by atoms with E-state index in [-0.39, 0.29) is 12.4 Å². The summed E-state index contributed by atoms with van der Waals surface area (Å²) in [6, 6.07) is 0. The molecule has 15 heavy (non-hydrogen) atoms. The summed E-state index contributed by atoms with van der Waals surface area (Å²) in [5.41, 5.74) is 0. The van der Waals surface area contributed by atoms with E-state index in [1.165, 1.54) is 4.90 Å². The van der Waals surface area contributed by atoms with E-state index in [0.29, 0.717) is 24.9 Å². The highest BCUT2D eigenvalue weighted by Crippen LogP contribution is 2.28. The fraction of sp³-hybridized carbons (Fsp3) is 1.00. The zero-order valence-corrected chi connectivity index (χ0v) is 9.20. The lowest BCUT2D eigenvalue weighted by molar-refractivity contribution is -0.150. The minimum atomic E-state index is -4.04. The number of fused-ring (bicyclic) bond motifs is 1. The smallest absolute Gasteiger partial charge is 0.316 e. The van der Waals surface area contributed by atoms with Crippen molar-refractivity contribution in [3.05, 3.63) is 0 Å². The van der Waals surface area contributed by atoms with Crippen LogP contribution in [-0.4, -0.2) is 43.8 Å². The first-order chi connectivity index (χ1) is 6.54. The number of nitrogens with one attached hydrogen (secondary N) is 1. The third kappa shape index (κ3) is 3.50. The Morgan fingerprint density at radius 1 is 1.20 bits per heavy atom. The van der Waals surface area contributed by atoms with E-state index in [0.717, 1.165) is 19.5 Å². The number of rotatable bonds is 1.